The van der Waals surface area contributed by atoms with Crippen LogP contribution in [0.25, 0.3) is 0 Å². The Balaban J connectivity index is 1.72. The zero-order chi connectivity index (χ0) is 19.2. The van der Waals surface area contributed by atoms with Crippen LogP contribution < -0.4 is 14.8 Å². The first-order valence-electron chi connectivity index (χ1n) is 8.93. The van der Waals surface area contributed by atoms with Crippen molar-refractivity contribution >= 4 is 11.6 Å². The predicted octanol–water partition coefficient (Wildman–Crippen LogP) is 3.27. The van der Waals surface area contributed by atoms with E-state index in [9.17, 15) is 4.79 Å². The second-order valence-electron chi connectivity index (χ2n) is 6.51. The molecule has 1 N–H and O–H groups in total. The van der Waals surface area contributed by atoms with E-state index in [1.807, 2.05) is 6.07 Å². The van der Waals surface area contributed by atoms with Crippen molar-refractivity contribution in [2.45, 2.75) is 18.9 Å². The van der Waals surface area contributed by atoms with Gasteiger partial charge in [-0.2, -0.15) is 0 Å². The normalized spacial score (nSPS) is 15.1. The molecule has 3 rings (SSSR count). The molecule has 0 spiro atoms. The molecule has 5 heteroatoms. The van der Waals surface area contributed by atoms with Gasteiger partial charge in [0.1, 0.15) is 11.5 Å². The number of benzene rings is 2. The number of fused-ring (bicyclic) bond motifs is 1. The Morgan fingerprint density at radius 3 is 2.59 bits per heavy atom. The maximum atomic E-state index is 12.7. The minimum Gasteiger partial charge on any atom is -0.497 e. The van der Waals surface area contributed by atoms with E-state index in [1.165, 1.54) is 11.1 Å². The number of anilines is 1. The molecular formula is C22H24N2O3. The van der Waals surface area contributed by atoms with E-state index in [1.54, 1.807) is 32.4 Å². The molecule has 0 bridgehead atoms. The van der Waals surface area contributed by atoms with Gasteiger partial charge in [-0.15, -0.1) is 6.42 Å². The first kappa shape index (κ1) is 18.8. The molecule has 1 aliphatic rings. The summed E-state index contributed by atoms with van der Waals surface area (Å²) < 4.78 is 10.5. The predicted molar refractivity (Wildman–Crippen MR) is 106 cm³/mol. The highest BCUT2D eigenvalue weighted by atomic mass is 16.5. The minimum absolute atomic E-state index is 0.120. The molecular weight excluding hydrogens is 340 g/mol. The third-order valence-electron chi connectivity index (χ3n) is 4.82. The number of ether oxygens (including phenoxy) is 2. The van der Waals surface area contributed by atoms with Crippen LogP contribution in [0, 0.1) is 12.3 Å². The summed E-state index contributed by atoms with van der Waals surface area (Å²) in [7, 11) is 3.15. The van der Waals surface area contributed by atoms with Crippen molar-refractivity contribution in [2.75, 3.05) is 32.6 Å². The number of amides is 1. The molecule has 1 atom stereocenters. The highest BCUT2D eigenvalue weighted by Gasteiger charge is 2.28. The number of hydrogen-bond donors (Lipinski definition) is 1. The number of nitrogens with zero attached hydrogens (tertiary/aromatic N) is 1. The molecule has 0 radical (unpaired) electrons. The zero-order valence-corrected chi connectivity index (χ0v) is 15.7. The van der Waals surface area contributed by atoms with Crippen LogP contribution in [0.5, 0.6) is 11.5 Å². The van der Waals surface area contributed by atoms with E-state index in [0.29, 0.717) is 23.7 Å². The molecule has 2 aromatic carbocycles. The molecule has 0 aromatic heterocycles. The molecule has 27 heavy (non-hydrogen) atoms. The molecule has 0 saturated carbocycles. The zero-order valence-electron chi connectivity index (χ0n) is 15.7. The fourth-order valence-electron chi connectivity index (χ4n) is 3.57. The first-order valence-corrected chi connectivity index (χ1v) is 8.93. The molecule has 1 aliphatic carbocycles. The molecule has 0 saturated heterocycles. The van der Waals surface area contributed by atoms with Gasteiger partial charge in [-0.3, -0.25) is 9.69 Å². The first-order chi connectivity index (χ1) is 13.1. The lowest BCUT2D eigenvalue weighted by Gasteiger charge is -2.27. The quantitative estimate of drug-likeness (QED) is 0.766. The maximum Gasteiger partial charge on any atom is 0.238 e. The van der Waals surface area contributed by atoms with Crippen molar-refractivity contribution in [3.63, 3.8) is 0 Å². The highest BCUT2D eigenvalue weighted by molar-refractivity contribution is 5.92. The summed E-state index contributed by atoms with van der Waals surface area (Å²) >= 11 is 0. The van der Waals surface area contributed by atoms with Gasteiger partial charge < -0.3 is 14.8 Å². The van der Waals surface area contributed by atoms with Crippen LogP contribution in [0.4, 0.5) is 5.69 Å². The third-order valence-corrected chi connectivity index (χ3v) is 4.82. The van der Waals surface area contributed by atoms with Crippen LogP contribution in [0.2, 0.25) is 0 Å². The van der Waals surface area contributed by atoms with Gasteiger partial charge in [-0.25, -0.2) is 0 Å². The Bertz CT molecular complexity index is 835. The van der Waals surface area contributed by atoms with Crippen molar-refractivity contribution in [2.24, 2.45) is 0 Å². The van der Waals surface area contributed by atoms with Crippen LogP contribution in [0.3, 0.4) is 0 Å². The van der Waals surface area contributed by atoms with Gasteiger partial charge >= 0.3 is 0 Å². The van der Waals surface area contributed by atoms with Crippen molar-refractivity contribution < 1.29 is 14.3 Å². The highest BCUT2D eigenvalue weighted by Crippen LogP contribution is 2.35. The Hall–Kier alpha value is -2.97. The smallest absolute Gasteiger partial charge is 0.238 e. The standard InChI is InChI=1S/C22H24N2O3/c1-4-11-24(21-10-9-16-7-5-6-8-20(16)21)15-22(25)23-17-12-18(26-2)14-19(13-17)27-3/h1,5-8,12-14,21H,9-11,15H2,2-3H3,(H,23,25)/t21-/m0/s1. The largest absolute Gasteiger partial charge is 0.497 e. The van der Waals surface area contributed by atoms with E-state index < -0.39 is 0 Å². The van der Waals surface area contributed by atoms with Gasteiger partial charge in [0.25, 0.3) is 0 Å². The second-order valence-corrected chi connectivity index (χ2v) is 6.51. The Morgan fingerprint density at radius 2 is 1.93 bits per heavy atom. The molecule has 0 fully saturated rings. The van der Waals surface area contributed by atoms with Crippen LogP contribution in [0.1, 0.15) is 23.6 Å². The van der Waals surface area contributed by atoms with Gasteiger partial charge in [-0.05, 0) is 24.0 Å². The average Bonchev–Trinajstić information content (AvgIpc) is 3.11. The number of terminal acetylenes is 1. The van der Waals surface area contributed by atoms with Crippen LogP contribution in [-0.4, -0.2) is 38.1 Å². The topological polar surface area (TPSA) is 50.8 Å². The van der Waals surface area contributed by atoms with E-state index in [-0.39, 0.29) is 18.5 Å². The lowest BCUT2D eigenvalue weighted by molar-refractivity contribution is -0.117. The molecule has 0 unspecified atom stereocenters. The lowest BCUT2D eigenvalue weighted by atomic mass is 10.1. The number of aryl methyl sites for hydroxylation is 1. The monoisotopic (exact) mass is 364 g/mol. The molecule has 1 amide bonds. The number of carbonyl (C=O) groups is 1. The summed E-state index contributed by atoms with van der Waals surface area (Å²) in [5.74, 6) is 3.81. The number of carbonyl (C=O) groups excluding carboxylic acids is 1. The SMILES string of the molecule is C#CCN(CC(=O)Nc1cc(OC)cc(OC)c1)[C@H]1CCc2ccccc21. The Labute approximate surface area is 160 Å². The van der Waals surface area contributed by atoms with Crippen molar-refractivity contribution in [3.05, 3.63) is 53.6 Å². The van der Waals surface area contributed by atoms with Gasteiger partial charge in [0.05, 0.1) is 27.3 Å². The van der Waals surface area contributed by atoms with E-state index in [2.05, 4.69) is 34.3 Å². The number of methoxy groups -OCH3 is 2. The lowest BCUT2D eigenvalue weighted by Crippen LogP contribution is -2.36. The summed E-state index contributed by atoms with van der Waals surface area (Å²) in [5.41, 5.74) is 3.23. The Morgan fingerprint density at radius 1 is 1.22 bits per heavy atom. The van der Waals surface area contributed by atoms with Gasteiger partial charge in [0.15, 0.2) is 0 Å². The molecule has 0 heterocycles. The fraction of sp³-hybridized carbons (Fsp3) is 0.318. The van der Waals surface area contributed by atoms with Crippen molar-refractivity contribution in [1.82, 2.24) is 4.90 Å². The Kier molecular flexibility index (Phi) is 6.00. The number of hydrogen-bond acceptors (Lipinski definition) is 4. The van der Waals surface area contributed by atoms with Crippen LogP contribution >= 0.6 is 0 Å². The molecule has 0 aliphatic heterocycles. The van der Waals surface area contributed by atoms with E-state index in [0.717, 1.165) is 12.8 Å². The van der Waals surface area contributed by atoms with Gasteiger partial charge in [-0.1, -0.05) is 30.2 Å². The molecule has 140 valence electrons. The third kappa shape index (κ3) is 4.42. The molecule has 2 aromatic rings. The van der Waals surface area contributed by atoms with Gasteiger partial charge in [0, 0.05) is 29.9 Å². The van der Waals surface area contributed by atoms with Crippen molar-refractivity contribution in [3.8, 4) is 23.8 Å². The summed E-state index contributed by atoms with van der Waals surface area (Å²) in [5, 5.41) is 2.92. The fourth-order valence-corrected chi connectivity index (χ4v) is 3.57. The van der Waals surface area contributed by atoms with Crippen LogP contribution in [0.15, 0.2) is 42.5 Å². The maximum absolute atomic E-state index is 12.7. The van der Waals surface area contributed by atoms with E-state index >= 15 is 0 Å². The van der Waals surface area contributed by atoms with E-state index in [4.69, 9.17) is 15.9 Å². The number of rotatable bonds is 7. The second kappa shape index (κ2) is 8.61. The summed E-state index contributed by atoms with van der Waals surface area (Å²) in [6, 6.07) is 13.8. The number of nitrogens with one attached hydrogen (secondary N) is 1. The summed E-state index contributed by atoms with van der Waals surface area (Å²) in [6.07, 6.45) is 7.55. The minimum atomic E-state index is -0.120. The summed E-state index contributed by atoms with van der Waals surface area (Å²) in [4.78, 5) is 14.7. The van der Waals surface area contributed by atoms with Crippen LogP contribution in [-0.2, 0) is 11.2 Å². The average molecular weight is 364 g/mol. The van der Waals surface area contributed by atoms with Crippen molar-refractivity contribution in [1.29, 1.82) is 0 Å². The van der Waals surface area contributed by atoms with Gasteiger partial charge in [0.2, 0.25) is 5.91 Å². The summed E-state index contributed by atoms with van der Waals surface area (Å²) in [6.45, 7) is 0.649. The molecule has 5 nitrogen and oxygen atoms in total.